The molecule has 11 nitrogen and oxygen atoms in total. The van der Waals surface area contributed by atoms with Gasteiger partial charge in [0.15, 0.2) is 5.82 Å². The van der Waals surface area contributed by atoms with Crippen LogP contribution in [0, 0.1) is 0 Å². The number of aliphatic carboxylic acids is 1. The first kappa shape index (κ1) is 26.5. The van der Waals surface area contributed by atoms with E-state index in [9.17, 15) is 14.7 Å². The Labute approximate surface area is 229 Å². The number of fused-ring (bicyclic) bond motifs is 2. The number of methoxy groups -OCH3 is 2. The maximum atomic E-state index is 12.3. The smallest absolute Gasteiger partial charge is 0.338 e. The lowest BCUT2D eigenvalue weighted by atomic mass is 10.2. The van der Waals surface area contributed by atoms with Crippen molar-refractivity contribution in [3.63, 3.8) is 0 Å². The maximum absolute atomic E-state index is 12.3. The van der Waals surface area contributed by atoms with Crippen molar-refractivity contribution in [3.05, 3.63) is 66.4 Å². The predicted octanol–water partition coefficient (Wildman–Crippen LogP) is 4.37. The van der Waals surface area contributed by atoms with Gasteiger partial charge in [-0.3, -0.25) is 4.79 Å². The largest absolute Gasteiger partial charge is 0.494 e. The topological polar surface area (TPSA) is 144 Å². The molecule has 3 heterocycles. The van der Waals surface area contributed by atoms with Crippen LogP contribution in [0.25, 0.3) is 33.6 Å². The zero-order chi connectivity index (χ0) is 28.2. The third-order valence-electron chi connectivity index (χ3n) is 6.58. The number of nitrogens with zero attached hydrogens (tertiary/aromatic N) is 4. The van der Waals surface area contributed by atoms with Crippen LogP contribution < -0.4 is 15.2 Å². The third kappa shape index (κ3) is 5.13. The summed E-state index contributed by atoms with van der Waals surface area (Å²) in [5, 5.41) is 10.4. The van der Waals surface area contributed by atoms with Gasteiger partial charge < -0.3 is 34.2 Å². The number of aromatic nitrogens is 4. The molecule has 0 aliphatic rings. The van der Waals surface area contributed by atoms with Crippen molar-refractivity contribution in [1.29, 1.82) is 0 Å². The fraction of sp³-hybridized carbons (Fsp3) is 0.241. The third-order valence-corrected chi connectivity index (χ3v) is 6.58. The normalized spacial score (nSPS) is 11.2. The van der Waals surface area contributed by atoms with Crippen LogP contribution in [0.3, 0.4) is 0 Å². The van der Waals surface area contributed by atoms with Gasteiger partial charge in [0.1, 0.15) is 22.7 Å². The molecule has 0 saturated heterocycles. The number of carboxylic acid groups (broad SMARTS) is 1. The monoisotopic (exact) mass is 543 g/mol. The van der Waals surface area contributed by atoms with Crippen LogP contribution >= 0.6 is 0 Å². The Hall–Kier alpha value is -5.06. The summed E-state index contributed by atoms with van der Waals surface area (Å²) in [5.74, 6) is 0.0679. The van der Waals surface area contributed by atoms with Gasteiger partial charge in [0, 0.05) is 24.7 Å². The fourth-order valence-corrected chi connectivity index (χ4v) is 4.76. The van der Waals surface area contributed by atoms with E-state index >= 15 is 0 Å². The van der Waals surface area contributed by atoms with Gasteiger partial charge in [-0.15, -0.1) is 0 Å². The van der Waals surface area contributed by atoms with Crippen LogP contribution in [0.5, 0.6) is 11.5 Å². The summed E-state index contributed by atoms with van der Waals surface area (Å²) in [6.07, 6.45) is 2.24. The standard InChI is InChI=1S/C29H29N5O6/c1-38-24-17-19(29(37)39-2)15-21-26(24)34(13-10-25(35)36)28(32-21)22-16-18-7-5-11-31-27(18)33(22)12-6-14-40-23-9-4-3-8-20(23)30/h3-5,7-9,11,15-17H,6,10,12-14,30H2,1-2H3,(H,35,36). The van der Waals surface area contributed by atoms with Crippen molar-refractivity contribution >= 4 is 39.7 Å². The number of aryl methyl sites for hydroxylation is 2. The molecule has 0 atom stereocenters. The summed E-state index contributed by atoms with van der Waals surface area (Å²) in [7, 11) is 2.79. The summed E-state index contributed by atoms with van der Waals surface area (Å²) >= 11 is 0. The van der Waals surface area contributed by atoms with Crippen molar-refractivity contribution in [2.24, 2.45) is 0 Å². The lowest BCUT2D eigenvalue weighted by Gasteiger charge is -2.14. The maximum Gasteiger partial charge on any atom is 0.338 e. The molecular formula is C29H29N5O6. The van der Waals surface area contributed by atoms with Gasteiger partial charge >= 0.3 is 11.9 Å². The van der Waals surface area contributed by atoms with Crippen LogP contribution in [-0.2, 0) is 22.6 Å². The Morgan fingerprint density at radius 3 is 2.58 bits per heavy atom. The van der Waals surface area contributed by atoms with E-state index in [1.165, 1.54) is 14.2 Å². The number of carbonyl (C=O) groups excluding carboxylic acids is 1. The average molecular weight is 544 g/mol. The number of esters is 1. The number of imidazole rings is 1. The molecule has 0 fully saturated rings. The molecule has 0 aliphatic heterocycles. The number of nitrogen functional groups attached to an aromatic ring is 1. The number of hydrogen-bond acceptors (Lipinski definition) is 8. The van der Waals surface area contributed by atoms with Crippen molar-refractivity contribution in [3.8, 4) is 23.0 Å². The molecule has 3 aromatic heterocycles. The van der Waals surface area contributed by atoms with Crippen molar-refractivity contribution < 1.29 is 28.9 Å². The van der Waals surface area contributed by atoms with E-state index in [0.29, 0.717) is 53.6 Å². The van der Waals surface area contributed by atoms with E-state index in [1.54, 1.807) is 24.4 Å². The first-order valence-corrected chi connectivity index (χ1v) is 12.7. The van der Waals surface area contributed by atoms with E-state index in [-0.39, 0.29) is 18.5 Å². The number of anilines is 1. The SMILES string of the molecule is COC(=O)c1cc(OC)c2c(c1)nc(-c1cc3cccnc3n1CCCOc1ccccc1N)n2CCC(=O)O. The lowest BCUT2D eigenvalue weighted by molar-refractivity contribution is -0.137. The summed E-state index contributed by atoms with van der Waals surface area (Å²) < 4.78 is 20.3. The molecule has 0 radical (unpaired) electrons. The van der Waals surface area contributed by atoms with Crippen LogP contribution in [0.1, 0.15) is 23.2 Å². The molecule has 0 saturated carbocycles. The van der Waals surface area contributed by atoms with Crippen molar-refractivity contribution in [2.75, 3.05) is 26.6 Å². The van der Waals surface area contributed by atoms with Crippen LogP contribution in [-0.4, -0.2) is 57.0 Å². The van der Waals surface area contributed by atoms with E-state index in [4.69, 9.17) is 24.9 Å². The van der Waals surface area contributed by atoms with E-state index in [1.807, 2.05) is 45.5 Å². The Morgan fingerprint density at radius 2 is 1.82 bits per heavy atom. The average Bonchev–Trinajstić information content (AvgIpc) is 3.52. The quantitative estimate of drug-likeness (QED) is 0.141. The molecule has 2 aromatic carbocycles. The van der Waals surface area contributed by atoms with Gasteiger partial charge in [-0.2, -0.15) is 0 Å². The Bertz CT molecular complexity index is 1710. The molecule has 206 valence electrons. The fourth-order valence-electron chi connectivity index (χ4n) is 4.76. The molecule has 40 heavy (non-hydrogen) atoms. The summed E-state index contributed by atoms with van der Waals surface area (Å²) in [6, 6.07) is 16.3. The Kier molecular flexibility index (Phi) is 7.54. The van der Waals surface area contributed by atoms with Gasteiger partial charge in [0.2, 0.25) is 0 Å². The lowest BCUT2D eigenvalue weighted by Crippen LogP contribution is -2.11. The number of pyridine rings is 1. The van der Waals surface area contributed by atoms with Crippen molar-refractivity contribution in [2.45, 2.75) is 25.9 Å². The van der Waals surface area contributed by atoms with Crippen LogP contribution in [0.2, 0.25) is 0 Å². The summed E-state index contributed by atoms with van der Waals surface area (Å²) in [4.78, 5) is 33.4. The number of nitrogens with two attached hydrogens (primary N) is 1. The molecule has 3 N–H and O–H groups in total. The van der Waals surface area contributed by atoms with E-state index in [2.05, 4.69) is 4.98 Å². The molecule has 0 aliphatic carbocycles. The van der Waals surface area contributed by atoms with Gasteiger partial charge in [0.05, 0.1) is 49.7 Å². The number of carbonyl (C=O) groups is 2. The first-order valence-electron chi connectivity index (χ1n) is 12.7. The summed E-state index contributed by atoms with van der Waals surface area (Å²) in [6.45, 7) is 1.11. The zero-order valence-electron chi connectivity index (χ0n) is 22.2. The summed E-state index contributed by atoms with van der Waals surface area (Å²) in [5.41, 5.74) is 9.42. The number of carboxylic acids is 1. The minimum Gasteiger partial charge on any atom is -0.494 e. The molecule has 0 bridgehead atoms. The highest BCUT2D eigenvalue weighted by molar-refractivity contribution is 5.97. The molecular weight excluding hydrogens is 514 g/mol. The predicted molar refractivity (Wildman–Crippen MR) is 150 cm³/mol. The van der Waals surface area contributed by atoms with Crippen LogP contribution in [0.15, 0.2) is 60.8 Å². The molecule has 0 spiro atoms. The minimum atomic E-state index is -0.947. The van der Waals surface area contributed by atoms with Crippen molar-refractivity contribution in [1.82, 2.24) is 19.1 Å². The zero-order valence-corrected chi connectivity index (χ0v) is 22.2. The molecule has 11 heteroatoms. The first-order chi connectivity index (χ1) is 19.4. The minimum absolute atomic E-state index is 0.134. The van der Waals surface area contributed by atoms with Gasteiger partial charge in [-0.1, -0.05) is 12.1 Å². The van der Waals surface area contributed by atoms with Gasteiger partial charge in [0.25, 0.3) is 0 Å². The highest BCUT2D eigenvalue weighted by Crippen LogP contribution is 2.35. The number of rotatable bonds is 11. The molecule has 0 amide bonds. The second-order valence-corrected chi connectivity index (χ2v) is 9.11. The second-order valence-electron chi connectivity index (χ2n) is 9.11. The highest BCUT2D eigenvalue weighted by atomic mass is 16.5. The molecule has 5 aromatic rings. The van der Waals surface area contributed by atoms with E-state index in [0.717, 1.165) is 16.7 Å². The second kappa shape index (κ2) is 11.4. The number of para-hydroxylation sites is 2. The number of ether oxygens (including phenoxy) is 3. The Balaban J connectivity index is 1.59. The van der Waals surface area contributed by atoms with E-state index < -0.39 is 11.9 Å². The number of hydrogen-bond donors (Lipinski definition) is 2. The molecule has 5 rings (SSSR count). The highest BCUT2D eigenvalue weighted by Gasteiger charge is 2.23. The molecule has 0 unspecified atom stereocenters. The van der Waals surface area contributed by atoms with Crippen LogP contribution in [0.4, 0.5) is 5.69 Å². The Morgan fingerprint density at radius 1 is 1.00 bits per heavy atom. The van der Waals surface area contributed by atoms with Gasteiger partial charge in [-0.25, -0.2) is 14.8 Å². The van der Waals surface area contributed by atoms with Gasteiger partial charge in [-0.05, 0) is 48.9 Å². The number of benzene rings is 2.